The summed E-state index contributed by atoms with van der Waals surface area (Å²) in [6.07, 6.45) is -2.10. The molecule has 2 saturated heterocycles. The fourth-order valence-electron chi connectivity index (χ4n) is 6.34. The van der Waals surface area contributed by atoms with Crippen LogP contribution >= 0.6 is 0 Å². The molecule has 1 saturated carbocycles. The topological polar surface area (TPSA) is 320 Å². The van der Waals surface area contributed by atoms with Crippen LogP contribution < -0.4 is 22.9 Å². The highest BCUT2D eigenvalue weighted by atomic mass is 16.7. The van der Waals surface area contributed by atoms with Gasteiger partial charge in [-0.05, 0) is 12.8 Å². The van der Waals surface area contributed by atoms with Crippen LogP contribution in [0, 0.1) is 0 Å². The van der Waals surface area contributed by atoms with Crippen molar-refractivity contribution in [1.82, 2.24) is 0 Å². The van der Waals surface area contributed by atoms with Gasteiger partial charge >= 0.3 is 5.97 Å². The average Bonchev–Trinajstić information content (AvgIpc) is 3.07. The van der Waals surface area contributed by atoms with Crippen molar-refractivity contribution in [1.29, 1.82) is 0 Å². The van der Waals surface area contributed by atoms with Gasteiger partial charge in [0.05, 0.1) is 12.6 Å². The molecular weight excluding hydrogens is 648 g/mol. The van der Waals surface area contributed by atoms with Gasteiger partial charge in [0, 0.05) is 25.0 Å². The Morgan fingerprint density at radius 1 is 0.653 bits per heavy atom. The lowest BCUT2D eigenvalue weighted by Gasteiger charge is -2.48. The first-order valence-electron chi connectivity index (χ1n) is 17.8. The second-order valence-electron chi connectivity index (χ2n) is 13.5. The Labute approximate surface area is 288 Å². The number of carbonyl (C=O) groups is 1. The maximum Gasteiger partial charge on any atom is 0.303 e. The summed E-state index contributed by atoms with van der Waals surface area (Å²) in [6.45, 7) is 1.48. The van der Waals surface area contributed by atoms with E-state index in [1.807, 2.05) is 0 Å². The molecule has 49 heavy (non-hydrogen) atoms. The summed E-state index contributed by atoms with van der Waals surface area (Å²) in [7, 11) is 0. The lowest BCUT2D eigenvalue weighted by molar-refractivity contribution is -0.332. The van der Waals surface area contributed by atoms with E-state index in [0.717, 1.165) is 12.8 Å². The minimum atomic E-state index is -1.66. The molecule has 17 heteroatoms. The smallest absolute Gasteiger partial charge is 0.303 e. The van der Waals surface area contributed by atoms with E-state index in [0.29, 0.717) is 6.42 Å². The minimum Gasteiger partial charge on any atom is -0.481 e. The number of hydrogen-bond donors (Lipinski definition) is 12. The fraction of sp³-hybridized carbons (Fsp3) is 0.969. The van der Waals surface area contributed by atoms with Gasteiger partial charge in [-0.2, -0.15) is 0 Å². The third kappa shape index (κ3) is 13.4. The Balaban J connectivity index is 0.000000440. The van der Waals surface area contributed by atoms with Crippen molar-refractivity contribution in [2.45, 2.75) is 182 Å². The van der Waals surface area contributed by atoms with Gasteiger partial charge in [-0.15, -0.1) is 0 Å². The summed E-state index contributed by atoms with van der Waals surface area (Å²) in [6, 6.07) is -2.86. The summed E-state index contributed by atoms with van der Waals surface area (Å²) in [5.74, 6) is -0.657. The van der Waals surface area contributed by atoms with Crippen LogP contribution in [0.5, 0.6) is 0 Å². The summed E-state index contributed by atoms with van der Waals surface area (Å²) < 4.78 is 22.2. The van der Waals surface area contributed by atoms with E-state index in [1.54, 1.807) is 0 Å². The molecule has 0 aromatic heterocycles. The van der Waals surface area contributed by atoms with Crippen LogP contribution in [0.2, 0.25) is 0 Å². The number of rotatable bonds is 18. The van der Waals surface area contributed by atoms with Crippen LogP contribution in [-0.4, -0.2) is 152 Å². The zero-order valence-corrected chi connectivity index (χ0v) is 28.7. The van der Waals surface area contributed by atoms with Gasteiger partial charge in [-0.1, -0.05) is 71.1 Å². The molecule has 0 bridgehead atoms. The Bertz CT molecular complexity index is 859. The third-order valence-corrected chi connectivity index (χ3v) is 9.48. The SMILES string of the molecule is CCCCCCCCCCCCCC(=O)O.NC[C@H]1O[C@H](O[C@H]2[C@H](O)[C@@H](OC3O[C@H](CO)[C@@H](O)[C@H](N)[C@H]3O)[C@H](N)C[C@@H]2N)[C@H](O)[C@@H](O)[C@@H]1O. The van der Waals surface area contributed by atoms with E-state index in [9.17, 15) is 40.5 Å². The fourth-order valence-corrected chi connectivity index (χ4v) is 6.34. The number of carboxylic acids is 1. The zero-order chi connectivity index (χ0) is 36.7. The monoisotopic (exact) mass is 712 g/mol. The van der Waals surface area contributed by atoms with Gasteiger partial charge in [0.15, 0.2) is 12.6 Å². The van der Waals surface area contributed by atoms with Crippen LogP contribution in [0.25, 0.3) is 0 Å². The molecule has 2 aliphatic heterocycles. The van der Waals surface area contributed by atoms with E-state index >= 15 is 0 Å². The molecule has 3 fully saturated rings. The Hall–Kier alpha value is -1.13. The van der Waals surface area contributed by atoms with E-state index in [4.69, 9.17) is 47.0 Å². The van der Waals surface area contributed by atoms with Gasteiger partial charge in [0.25, 0.3) is 0 Å². The number of aliphatic hydroxyl groups is 7. The lowest BCUT2D eigenvalue weighted by atomic mass is 9.84. The predicted molar refractivity (Wildman–Crippen MR) is 177 cm³/mol. The molecule has 2 heterocycles. The first-order valence-corrected chi connectivity index (χ1v) is 17.8. The van der Waals surface area contributed by atoms with Crippen molar-refractivity contribution >= 4 is 5.97 Å². The second-order valence-corrected chi connectivity index (χ2v) is 13.5. The van der Waals surface area contributed by atoms with Crippen molar-refractivity contribution in [2.75, 3.05) is 13.2 Å². The molecule has 0 spiro atoms. The highest BCUT2D eigenvalue weighted by Crippen LogP contribution is 2.31. The van der Waals surface area contributed by atoms with Crippen LogP contribution in [0.15, 0.2) is 0 Å². The number of aliphatic carboxylic acids is 1. The zero-order valence-electron chi connectivity index (χ0n) is 28.7. The van der Waals surface area contributed by atoms with E-state index < -0.39 is 104 Å². The highest BCUT2D eigenvalue weighted by Gasteiger charge is 2.51. The number of hydrogen-bond acceptors (Lipinski definition) is 16. The average molecular weight is 713 g/mol. The van der Waals surface area contributed by atoms with E-state index in [2.05, 4.69) is 6.92 Å². The summed E-state index contributed by atoms with van der Waals surface area (Å²) in [4.78, 5) is 10.3. The van der Waals surface area contributed by atoms with Crippen LogP contribution in [0.1, 0.15) is 90.4 Å². The van der Waals surface area contributed by atoms with Gasteiger partial charge in [0.2, 0.25) is 0 Å². The van der Waals surface area contributed by atoms with Gasteiger partial charge < -0.3 is 82.7 Å². The standard InChI is InChI=1S/C18H36N4O11.C14H28O2/c19-2-6-10(25)12(27)13(28)18(30-6)33-16-5(21)1-4(20)15(14(16)29)32-17-11(26)8(22)9(24)7(3-23)31-17;1-2-3-4-5-6-7-8-9-10-11-12-13-14(15)16/h4-18,23-29H,1-3,19-22H2;2-13H2,1H3,(H,15,16)/t4-,5+,6-,7-,8+,9-,10-,11-,12+,13-,14-,15+,16-,17?,18-;/m1./s1. The number of nitrogens with two attached hydrogens (primary N) is 4. The Morgan fingerprint density at radius 2 is 1.12 bits per heavy atom. The lowest BCUT2D eigenvalue weighted by Crippen LogP contribution is -2.68. The Morgan fingerprint density at radius 3 is 1.59 bits per heavy atom. The summed E-state index contributed by atoms with van der Waals surface area (Å²) in [5, 5.41) is 79.3. The molecule has 0 radical (unpaired) electrons. The molecule has 0 aromatic rings. The molecule has 0 amide bonds. The van der Waals surface area contributed by atoms with Crippen LogP contribution in [0.3, 0.4) is 0 Å². The van der Waals surface area contributed by atoms with Crippen molar-refractivity contribution in [3.05, 3.63) is 0 Å². The van der Waals surface area contributed by atoms with Crippen molar-refractivity contribution in [3.63, 3.8) is 0 Å². The van der Waals surface area contributed by atoms with Gasteiger partial charge in [-0.3, -0.25) is 4.79 Å². The van der Waals surface area contributed by atoms with E-state index in [-0.39, 0.29) is 13.0 Å². The number of aliphatic hydroxyl groups excluding tert-OH is 7. The molecule has 16 N–H and O–H groups in total. The molecule has 17 nitrogen and oxygen atoms in total. The Kier molecular flexibility index (Phi) is 20.4. The minimum absolute atomic E-state index is 0.0849. The molecule has 15 atom stereocenters. The van der Waals surface area contributed by atoms with Gasteiger partial charge in [0.1, 0.15) is 61.0 Å². The van der Waals surface area contributed by atoms with E-state index in [1.165, 1.54) is 57.8 Å². The predicted octanol–water partition coefficient (Wildman–Crippen LogP) is -2.52. The second kappa shape index (κ2) is 22.7. The molecular formula is C32H64N4O13. The normalized spacial score (nSPS) is 39.6. The number of carboxylic acid groups (broad SMARTS) is 1. The largest absolute Gasteiger partial charge is 0.481 e. The maximum atomic E-state index is 10.9. The van der Waals surface area contributed by atoms with Crippen molar-refractivity contribution < 1.29 is 64.6 Å². The number of unbranched alkanes of at least 4 members (excludes halogenated alkanes) is 10. The van der Waals surface area contributed by atoms with Crippen molar-refractivity contribution in [2.24, 2.45) is 22.9 Å². The quantitative estimate of drug-likeness (QED) is 0.0652. The first-order chi connectivity index (χ1) is 23.3. The molecule has 3 aliphatic rings. The third-order valence-electron chi connectivity index (χ3n) is 9.48. The molecule has 0 aromatic carbocycles. The molecule has 3 rings (SSSR count). The number of ether oxygens (including phenoxy) is 4. The summed E-state index contributed by atoms with van der Waals surface area (Å²) in [5.41, 5.74) is 23.5. The highest BCUT2D eigenvalue weighted by molar-refractivity contribution is 5.66. The first kappa shape index (κ1) is 44.0. The molecule has 290 valence electrons. The van der Waals surface area contributed by atoms with Gasteiger partial charge in [-0.25, -0.2) is 0 Å². The summed E-state index contributed by atoms with van der Waals surface area (Å²) >= 11 is 0. The molecule has 1 aliphatic carbocycles. The molecule has 1 unspecified atom stereocenters. The van der Waals surface area contributed by atoms with Crippen LogP contribution in [-0.2, 0) is 23.7 Å². The van der Waals surface area contributed by atoms with Crippen molar-refractivity contribution in [3.8, 4) is 0 Å². The maximum absolute atomic E-state index is 10.9. The van der Waals surface area contributed by atoms with Crippen LogP contribution in [0.4, 0.5) is 0 Å².